The fraction of sp³-hybridized carbons (Fsp3) is 0.833. The number of hydrogen-bond donors (Lipinski definition) is 3. The van der Waals surface area contributed by atoms with E-state index in [-0.39, 0.29) is 0 Å². The molecule has 0 aromatic rings. The second-order valence-electron chi connectivity index (χ2n) is 2.00. The minimum atomic E-state index is 0.743. The first-order chi connectivity index (χ1) is 4.91. The Hall–Kier alpha value is -0.610. The Morgan fingerprint density at radius 3 is 2.70 bits per heavy atom. The first-order valence-corrected chi connectivity index (χ1v) is 3.47. The zero-order valence-electron chi connectivity index (χ0n) is 6.02. The highest BCUT2D eigenvalue weighted by Gasteiger charge is 1.85. The lowest BCUT2D eigenvalue weighted by Gasteiger charge is -1.99. The summed E-state index contributed by atoms with van der Waals surface area (Å²) in [6.07, 6.45) is 4.71. The van der Waals surface area contributed by atoms with Crippen molar-refractivity contribution in [1.29, 1.82) is 0 Å². The Morgan fingerprint density at radius 1 is 1.30 bits per heavy atom. The monoisotopic (exact) mass is 144 g/mol. The minimum Gasteiger partial charge on any atom is -0.330 e. The zero-order valence-corrected chi connectivity index (χ0v) is 6.02. The summed E-state index contributed by atoms with van der Waals surface area (Å²) in [4.78, 5) is 9.58. The molecule has 0 unspecified atom stereocenters. The Kier molecular flexibility index (Phi) is 7.88. The highest BCUT2D eigenvalue weighted by Crippen LogP contribution is 1.89. The molecule has 0 heterocycles. The summed E-state index contributed by atoms with van der Waals surface area (Å²) >= 11 is 0. The van der Waals surface area contributed by atoms with E-state index in [1.807, 2.05) is 0 Å². The van der Waals surface area contributed by atoms with Crippen LogP contribution in [0.25, 0.3) is 0 Å². The van der Waals surface area contributed by atoms with Gasteiger partial charge in [-0.05, 0) is 19.4 Å². The molecule has 4 N–H and O–H groups in total. The van der Waals surface area contributed by atoms with Crippen molar-refractivity contribution >= 4 is 6.41 Å². The van der Waals surface area contributed by atoms with E-state index in [2.05, 4.69) is 10.9 Å². The largest absolute Gasteiger partial charge is 0.330 e. The molecule has 1 radical (unpaired) electrons. The lowest BCUT2D eigenvalue weighted by atomic mass is 10.2. The van der Waals surface area contributed by atoms with Gasteiger partial charge in [-0.15, -0.1) is 0 Å². The van der Waals surface area contributed by atoms with Gasteiger partial charge in [-0.2, -0.15) is 0 Å². The maximum atomic E-state index is 9.58. The summed E-state index contributed by atoms with van der Waals surface area (Å²) < 4.78 is 0. The van der Waals surface area contributed by atoms with Crippen molar-refractivity contribution < 1.29 is 4.79 Å². The number of unbranched alkanes of at least 4 members (excludes halogenated alkanes) is 2. The zero-order chi connectivity index (χ0) is 7.66. The van der Waals surface area contributed by atoms with Gasteiger partial charge in [0.1, 0.15) is 0 Å². The van der Waals surface area contributed by atoms with Crippen molar-refractivity contribution in [3.63, 3.8) is 0 Å². The SMILES string of the molecule is NCCCCCNN[C]=O. The van der Waals surface area contributed by atoms with Gasteiger partial charge in [0, 0.05) is 6.54 Å². The Morgan fingerprint density at radius 2 is 2.10 bits per heavy atom. The number of nitrogens with one attached hydrogen (secondary N) is 2. The lowest BCUT2D eigenvalue weighted by molar-refractivity contribution is 0.512. The van der Waals surface area contributed by atoms with E-state index in [0.717, 1.165) is 32.4 Å². The van der Waals surface area contributed by atoms with Crippen LogP contribution in [0.3, 0.4) is 0 Å². The Bertz CT molecular complexity index is 77.4. The van der Waals surface area contributed by atoms with Crippen LogP contribution < -0.4 is 16.6 Å². The molecule has 0 aliphatic carbocycles. The lowest BCUT2D eigenvalue weighted by Crippen LogP contribution is -2.30. The third-order valence-corrected chi connectivity index (χ3v) is 1.15. The first kappa shape index (κ1) is 9.39. The topological polar surface area (TPSA) is 67.2 Å². The van der Waals surface area contributed by atoms with Crippen LogP contribution in [0, 0.1) is 0 Å². The number of hydrazine groups is 1. The second-order valence-corrected chi connectivity index (χ2v) is 2.00. The van der Waals surface area contributed by atoms with Crippen molar-refractivity contribution in [2.24, 2.45) is 5.73 Å². The van der Waals surface area contributed by atoms with Gasteiger partial charge in [0.15, 0.2) is 0 Å². The van der Waals surface area contributed by atoms with E-state index in [9.17, 15) is 4.79 Å². The van der Waals surface area contributed by atoms with Crippen LogP contribution in [-0.2, 0) is 4.79 Å². The van der Waals surface area contributed by atoms with Crippen LogP contribution in [0.4, 0.5) is 0 Å². The van der Waals surface area contributed by atoms with Gasteiger partial charge in [-0.25, -0.2) is 5.43 Å². The minimum absolute atomic E-state index is 0.743. The molecule has 59 valence electrons. The molecular weight excluding hydrogens is 130 g/mol. The van der Waals surface area contributed by atoms with Crippen LogP contribution in [0.2, 0.25) is 0 Å². The maximum Gasteiger partial charge on any atom is 0.324 e. The molecule has 0 aromatic heterocycles. The Balaban J connectivity index is 2.70. The van der Waals surface area contributed by atoms with Crippen molar-refractivity contribution in [3.05, 3.63) is 0 Å². The van der Waals surface area contributed by atoms with Gasteiger partial charge in [0.05, 0.1) is 0 Å². The molecule has 0 rings (SSSR count). The summed E-state index contributed by atoms with van der Waals surface area (Å²) in [6.45, 7) is 1.53. The van der Waals surface area contributed by atoms with Crippen LogP contribution in [-0.4, -0.2) is 19.5 Å². The molecule has 4 nitrogen and oxygen atoms in total. The quantitative estimate of drug-likeness (QED) is 0.251. The highest BCUT2D eigenvalue weighted by molar-refractivity contribution is 5.45. The molecule has 0 aliphatic heterocycles. The van der Waals surface area contributed by atoms with Crippen LogP contribution in [0.5, 0.6) is 0 Å². The summed E-state index contributed by atoms with van der Waals surface area (Å²) in [6, 6.07) is 0. The molecule has 0 saturated heterocycles. The van der Waals surface area contributed by atoms with Crippen LogP contribution in [0.1, 0.15) is 19.3 Å². The van der Waals surface area contributed by atoms with Crippen molar-refractivity contribution in [2.75, 3.05) is 13.1 Å². The van der Waals surface area contributed by atoms with Crippen molar-refractivity contribution in [3.8, 4) is 0 Å². The number of hydrogen-bond acceptors (Lipinski definition) is 3. The maximum absolute atomic E-state index is 9.58. The average Bonchev–Trinajstić information content (AvgIpc) is 1.97. The number of carbonyl (C=O) groups excluding carboxylic acids is 1. The predicted octanol–water partition coefficient (Wildman–Crippen LogP) is -0.723. The molecule has 0 saturated carbocycles. The van der Waals surface area contributed by atoms with E-state index in [1.54, 1.807) is 0 Å². The number of amides is 1. The standard InChI is InChI=1S/C6H14N3O/c7-4-2-1-3-5-8-9-6-10/h8H,1-5,7H2,(H,9,10). The van der Waals surface area contributed by atoms with Crippen LogP contribution in [0.15, 0.2) is 0 Å². The van der Waals surface area contributed by atoms with E-state index in [1.165, 1.54) is 6.41 Å². The third-order valence-electron chi connectivity index (χ3n) is 1.15. The highest BCUT2D eigenvalue weighted by atomic mass is 16.1. The molecule has 0 bridgehead atoms. The van der Waals surface area contributed by atoms with Gasteiger partial charge < -0.3 is 5.73 Å². The number of rotatable bonds is 7. The van der Waals surface area contributed by atoms with Gasteiger partial charge in [-0.1, -0.05) is 6.42 Å². The predicted molar refractivity (Wildman–Crippen MR) is 39.7 cm³/mol. The summed E-state index contributed by atoms with van der Waals surface area (Å²) in [5.74, 6) is 0. The second kappa shape index (κ2) is 8.39. The fourth-order valence-electron chi connectivity index (χ4n) is 0.633. The van der Waals surface area contributed by atoms with E-state index in [4.69, 9.17) is 5.73 Å². The normalized spacial score (nSPS) is 9.30. The molecular formula is C6H14N3O. The summed E-state index contributed by atoms with van der Waals surface area (Å²) in [5, 5.41) is 0. The molecule has 4 heteroatoms. The van der Waals surface area contributed by atoms with E-state index < -0.39 is 0 Å². The van der Waals surface area contributed by atoms with Gasteiger partial charge >= 0.3 is 6.41 Å². The van der Waals surface area contributed by atoms with E-state index in [0.29, 0.717) is 0 Å². The molecule has 0 fully saturated rings. The molecule has 10 heavy (non-hydrogen) atoms. The fourth-order valence-corrected chi connectivity index (χ4v) is 0.633. The first-order valence-electron chi connectivity index (χ1n) is 3.47. The van der Waals surface area contributed by atoms with Crippen molar-refractivity contribution in [2.45, 2.75) is 19.3 Å². The van der Waals surface area contributed by atoms with Crippen molar-refractivity contribution in [1.82, 2.24) is 10.9 Å². The van der Waals surface area contributed by atoms with Crippen LogP contribution >= 0.6 is 0 Å². The molecule has 0 atom stereocenters. The molecule has 0 aliphatic rings. The molecule has 0 spiro atoms. The molecule has 1 amide bonds. The summed E-state index contributed by atoms with van der Waals surface area (Å²) in [7, 11) is 0. The smallest absolute Gasteiger partial charge is 0.324 e. The average molecular weight is 144 g/mol. The van der Waals surface area contributed by atoms with E-state index >= 15 is 0 Å². The van der Waals surface area contributed by atoms with Gasteiger partial charge in [0.2, 0.25) is 0 Å². The summed E-state index contributed by atoms with van der Waals surface area (Å²) in [5.41, 5.74) is 10.2. The molecule has 0 aromatic carbocycles. The third kappa shape index (κ3) is 7.39. The van der Waals surface area contributed by atoms with Gasteiger partial charge in [0.25, 0.3) is 0 Å². The Labute approximate surface area is 61.1 Å². The number of nitrogens with two attached hydrogens (primary N) is 1. The van der Waals surface area contributed by atoms with Gasteiger partial charge in [-0.3, -0.25) is 10.2 Å².